The van der Waals surface area contributed by atoms with Crippen LogP contribution in [0, 0.1) is 0 Å². The normalized spacial score (nSPS) is 10.4. The lowest BCUT2D eigenvalue weighted by atomic mass is 10.1. The first-order valence-corrected chi connectivity index (χ1v) is 6.45. The lowest BCUT2D eigenvalue weighted by molar-refractivity contribution is 0.416. The fourth-order valence-corrected chi connectivity index (χ4v) is 2.11. The van der Waals surface area contributed by atoms with E-state index in [1.54, 1.807) is 7.11 Å². The number of rotatable bonds is 4. The number of methoxy groups -OCH3 is 1. The van der Waals surface area contributed by atoms with Gasteiger partial charge in [0.1, 0.15) is 5.75 Å². The van der Waals surface area contributed by atoms with E-state index < -0.39 is 0 Å². The molecule has 0 radical (unpaired) electrons. The Morgan fingerprint density at radius 2 is 1.75 bits per heavy atom. The summed E-state index contributed by atoms with van der Waals surface area (Å²) in [5.74, 6) is 2.29. The van der Waals surface area contributed by atoms with Crippen LogP contribution in [-0.2, 0) is 6.42 Å². The van der Waals surface area contributed by atoms with Gasteiger partial charge in [-0.15, -0.1) is 0 Å². The van der Waals surface area contributed by atoms with E-state index in [0.29, 0.717) is 6.42 Å². The van der Waals surface area contributed by atoms with Gasteiger partial charge in [-0.25, -0.2) is 4.98 Å². The van der Waals surface area contributed by atoms with Crippen molar-refractivity contribution in [2.75, 3.05) is 7.11 Å². The lowest BCUT2D eigenvalue weighted by Gasteiger charge is -2.04. The highest BCUT2D eigenvalue weighted by atomic mass is 16.5. The van der Waals surface area contributed by atoms with Gasteiger partial charge in [-0.3, -0.25) is 5.10 Å². The first-order valence-electron chi connectivity index (χ1n) is 6.45. The van der Waals surface area contributed by atoms with Crippen LogP contribution in [0.5, 0.6) is 5.75 Å². The van der Waals surface area contributed by atoms with Crippen molar-refractivity contribution in [2.24, 2.45) is 0 Å². The van der Waals surface area contributed by atoms with Crippen molar-refractivity contribution in [3.63, 3.8) is 0 Å². The number of aromatic nitrogens is 3. The van der Waals surface area contributed by atoms with E-state index in [4.69, 9.17) is 4.74 Å². The standard InChI is InChI=1S/C16H15N3O/c1-20-14-10-6-5-9-13(14)16-17-15(18-19-16)11-12-7-3-2-4-8-12/h2-10H,11H2,1H3,(H,17,18,19). The molecule has 3 rings (SSSR count). The molecular weight excluding hydrogens is 250 g/mol. The molecular formula is C16H15N3O. The van der Waals surface area contributed by atoms with E-state index in [-0.39, 0.29) is 0 Å². The Morgan fingerprint density at radius 3 is 2.55 bits per heavy atom. The molecule has 0 amide bonds. The number of nitrogens with zero attached hydrogens (tertiary/aromatic N) is 2. The second kappa shape index (κ2) is 5.57. The van der Waals surface area contributed by atoms with Crippen LogP contribution in [0.25, 0.3) is 11.4 Å². The first-order chi connectivity index (χ1) is 9.86. The molecule has 2 aromatic carbocycles. The van der Waals surface area contributed by atoms with Gasteiger partial charge in [0.05, 0.1) is 12.7 Å². The molecule has 4 heteroatoms. The number of nitrogens with one attached hydrogen (secondary N) is 1. The molecule has 0 unspecified atom stereocenters. The molecule has 0 spiro atoms. The fraction of sp³-hybridized carbons (Fsp3) is 0.125. The summed E-state index contributed by atoms with van der Waals surface area (Å²) in [5, 5.41) is 7.25. The topological polar surface area (TPSA) is 50.8 Å². The summed E-state index contributed by atoms with van der Waals surface area (Å²) in [6.45, 7) is 0. The lowest BCUT2D eigenvalue weighted by Crippen LogP contribution is -1.91. The van der Waals surface area contributed by atoms with Crippen LogP contribution in [0.4, 0.5) is 0 Å². The summed E-state index contributed by atoms with van der Waals surface area (Å²) in [4.78, 5) is 4.54. The Hall–Kier alpha value is -2.62. The first kappa shape index (κ1) is 12.4. The predicted molar refractivity (Wildman–Crippen MR) is 77.6 cm³/mol. The third-order valence-electron chi connectivity index (χ3n) is 3.10. The van der Waals surface area contributed by atoms with E-state index in [2.05, 4.69) is 27.3 Å². The Morgan fingerprint density at radius 1 is 1.00 bits per heavy atom. The van der Waals surface area contributed by atoms with Crippen molar-refractivity contribution in [3.8, 4) is 17.1 Å². The molecule has 20 heavy (non-hydrogen) atoms. The van der Waals surface area contributed by atoms with Gasteiger partial charge in [0.25, 0.3) is 0 Å². The van der Waals surface area contributed by atoms with Crippen LogP contribution in [0.3, 0.4) is 0 Å². The van der Waals surface area contributed by atoms with Gasteiger partial charge in [-0.1, -0.05) is 42.5 Å². The number of para-hydroxylation sites is 1. The maximum Gasteiger partial charge on any atom is 0.159 e. The predicted octanol–water partition coefficient (Wildman–Crippen LogP) is 3.07. The Labute approximate surface area is 117 Å². The van der Waals surface area contributed by atoms with Crippen LogP contribution in [0.15, 0.2) is 54.6 Å². The molecule has 0 saturated heterocycles. The second-order valence-corrected chi connectivity index (χ2v) is 4.46. The molecule has 0 aliphatic rings. The molecule has 0 atom stereocenters. The number of aromatic amines is 1. The molecule has 100 valence electrons. The quantitative estimate of drug-likeness (QED) is 0.788. The average Bonchev–Trinajstić information content (AvgIpc) is 2.96. The molecule has 3 aromatic rings. The number of benzene rings is 2. The maximum atomic E-state index is 5.34. The zero-order valence-corrected chi connectivity index (χ0v) is 11.2. The highest BCUT2D eigenvalue weighted by molar-refractivity contribution is 5.63. The summed E-state index contributed by atoms with van der Waals surface area (Å²) < 4.78 is 5.34. The van der Waals surface area contributed by atoms with Crippen molar-refractivity contribution >= 4 is 0 Å². The van der Waals surface area contributed by atoms with Gasteiger partial charge < -0.3 is 4.74 Å². The van der Waals surface area contributed by atoms with Crippen LogP contribution in [0.1, 0.15) is 11.4 Å². The fourth-order valence-electron chi connectivity index (χ4n) is 2.11. The Kier molecular flexibility index (Phi) is 3.46. The number of hydrogen-bond donors (Lipinski definition) is 1. The van der Waals surface area contributed by atoms with E-state index >= 15 is 0 Å². The Bertz CT molecular complexity index is 692. The average molecular weight is 265 g/mol. The summed E-state index contributed by atoms with van der Waals surface area (Å²) in [5.41, 5.74) is 2.11. The maximum absolute atomic E-state index is 5.34. The van der Waals surface area contributed by atoms with Crippen molar-refractivity contribution in [2.45, 2.75) is 6.42 Å². The Balaban J connectivity index is 1.87. The summed E-state index contributed by atoms with van der Waals surface area (Å²) in [6.07, 6.45) is 0.715. The molecule has 0 saturated carbocycles. The van der Waals surface area contributed by atoms with Crippen molar-refractivity contribution in [1.29, 1.82) is 0 Å². The van der Waals surface area contributed by atoms with Crippen molar-refractivity contribution in [3.05, 3.63) is 66.0 Å². The van der Waals surface area contributed by atoms with E-state index in [1.807, 2.05) is 42.5 Å². The van der Waals surface area contributed by atoms with E-state index in [0.717, 1.165) is 23.0 Å². The largest absolute Gasteiger partial charge is 0.496 e. The minimum atomic E-state index is 0.715. The monoisotopic (exact) mass is 265 g/mol. The number of H-pyrrole nitrogens is 1. The second-order valence-electron chi connectivity index (χ2n) is 4.46. The summed E-state index contributed by atoms with van der Waals surface area (Å²) >= 11 is 0. The molecule has 0 aliphatic heterocycles. The van der Waals surface area contributed by atoms with Gasteiger partial charge in [0.15, 0.2) is 11.6 Å². The van der Waals surface area contributed by atoms with Gasteiger partial charge in [-0.05, 0) is 17.7 Å². The molecule has 1 N–H and O–H groups in total. The molecule has 0 bridgehead atoms. The zero-order chi connectivity index (χ0) is 13.8. The molecule has 4 nitrogen and oxygen atoms in total. The molecule has 0 aliphatic carbocycles. The van der Waals surface area contributed by atoms with Gasteiger partial charge in [0.2, 0.25) is 0 Å². The highest BCUT2D eigenvalue weighted by Gasteiger charge is 2.10. The van der Waals surface area contributed by atoms with Crippen LogP contribution in [0.2, 0.25) is 0 Å². The van der Waals surface area contributed by atoms with Crippen molar-refractivity contribution < 1.29 is 4.74 Å². The van der Waals surface area contributed by atoms with Gasteiger partial charge in [-0.2, -0.15) is 5.10 Å². The number of ether oxygens (including phenoxy) is 1. The van der Waals surface area contributed by atoms with Crippen molar-refractivity contribution in [1.82, 2.24) is 15.2 Å². The smallest absolute Gasteiger partial charge is 0.159 e. The molecule has 1 heterocycles. The van der Waals surface area contributed by atoms with Gasteiger partial charge in [0, 0.05) is 6.42 Å². The minimum Gasteiger partial charge on any atom is -0.496 e. The summed E-state index contributed by atoms with van der Waals surface area (Å²) in [6, 6.07) is 17.9. The summed E-state index contributed by atoms with van der Waals surface area (Å²) in [7, 11) is 1.65. The van der Waals surface area contributed by atoms with Gasteiger partial charge >= 0.3 is 0 Å². The van der Waals surface area contributed by atoms with Crippen LogP contribution in [-0.4, -0.2) is 22.3 Å². The molecule has 0 fully saturated rings. The van der Waals surface area contributed by atoms with Crippen LogP contribution < -0.4 is 4.74 Å². The SMILES string of the molecule is COc1ccccc1-c1nc(Cc2ccccc2)n[nH]1. The van der Waals surface area contributed by atoms with E-state index in [1.165, 1.54) is 5.56 Å². The third-order valence-corrected chi connectivity index (χ3v) is 3.10. The minimum absolute atomic E-state index is 0.715. The highest BCUT2D eigenvalue weighted by Crippen LogP contribution is 2.26. The zero-order valence-electron chi connectivity index (χ0n) is 11.2. The third kappa shape index (κ3) is 2.54. The van der Waals surface area contributed by atoms with Crippen LogP contribution >= 0.6 is 0 Å². The van der Waals surface area contributed by atoms with E-state index in [9.17, 15) is 0 Å². The number of hydrogen-bond acceptors (Lipinski definition) is 3. The molecule has 1 aromatic heterocycles.